The van der Waals surface area contributed by atoms with Gasteiger partial charge >= 0.3 is 0 Å². The largest absolute Gasteiger partial charge is 0.330 e. The van der Waals surface area contributed by atoms with Crippen LogP contribution in [0.2, 0.25) is 0 Å². The Hall–Kier alpha value is -1.20. The number of nitrogens with zero attached hydrogens (tertiary/aromatic N) is 1. The van der Waals surface area contributed by atoms with Crippen LogP contribution < -0.4 is 11.3 Å². The highest BCUT2D eigenvalue weighted by molar-refractivity contribution is 7.18. The first-order chi connectivity index (χ1) is 6.70. The van der Waals surface area contributed by atoms with Gasteiger partial charge in [0.1, 0.15) is 10.7 Å². The fourth-order valence-electron chi connectivity index (χ4n) is 1.35. The standard InChI is InChI=1S/C9H11N3OS/c1-5-4-6-8(13)11-7(2-3-10)12-9(6)14-5/h4H,2-3,10H2,1H3,(H,11,12,13). The molecule has 2 heterocycles. The number of hydrogen-bond donors (Lipinski definition) is 2. The Kier molecular flexibility index (Phi) is 2.35. The van der Waals surface area contributed by atoms with Crippen LogP contribution in [0.1, 0.15) is 10.7 Å². The van der Waals surface area contributed by atoms with E-state index < -0.39 is 0 Å². The van der Waals surface area contributed by atoms with Crippen molar-refractivity contribution >= 4 is 21.6 Å². The Morgan fingerprint density at radius 2 is 2.43 bits per heavy atom. The lowest BCUT2D eigenvalue weighted by atomic mass is 10.3. The molecule has 5 heteroatoms. The van der Waals surface area contributed by atoms with Gasteiger partial charge in [-0.05, 0) is 19.5 Å². The fraction of sp³-hybridized carbons (Fsp3) is 0.333. The Bertz CT molecular complexity index is 514. The summed E-state index contributed by atoms with van der Waals surface area (Å²) in [6.45, 7) is 2.47. The molecule has 0 aliphatic carbocycles. The summed E-state index contributed by atoms with van der Waals surface area (Å²) >= 11 is 1.53. The van der Waals surface area contributed by atoms with E-state index in [0.29, 0.717) is 24.2 Å². The van der Waals surface area contributed by atoms with Gasteiger partial charge in [0.15, 0.2) is 0 Å². The van der Waals surface area contributed by atoms with Crippen LogP contribution in [0.3, 0.4) is 0 Å². The monoisotopic (exact) mass is 209 g/mol. The van der Waals surface area contributed by atoms with Crippen LogP contribution in [-0.2, 0) is 6.42 Å². The van der Waals surface area contributed by atoms with Crippen LogP contribution in [-0.4, -0.2) is 16.5 Å². The van der Waals surface area contributed by atoms with Gasteiger partial charge in [0.2, 0.25) is 0 Å². The molecule has 0 saturated heterocycles. The van der Waals surface area contributed by atoms with E-state index in [1.807, 2.05) is 13.0 Å². The molecule has 14 heavy (non-hydrogen) atoms. The van der Waals surface area contributed by atoms with Gasteiger partial charge in [0, 0.05) is 11.3 Å². The van der Waals surface area contributed by atoms with Gasteiger partial charge in [-0.3, -0.25) is 4.79 Å². The molecule has 0 aliphatic heterocycles. The van der Waals surface area contributed by atoms with E-state index in [2.05, 4.69) is 9.97 Å². The molecule has 0 radical (unpaired) electrons. The number of fused-ring (bicyclic) bond motifs is 1. The molecular formula is C9H11N3OS. The first kappa shape index (κ1) is 9.36. The van der Waals surface area contributed by atoms with E-state index in [1.54, 1.807) is 0 Å². The highest BCUT2D eigenvalue weighted by Gasteiger charge is 2.05. The molecule has 74 valence electrons. The number of aromatic amines is 1. The fourth-order valence-corrected chi connectivity index (χ4v) is 2.25. The molecule has 2 aromatic heterocycles. The maximum absolute atomic E-state index is 11.6. The molecule has 0 aliphatic rings. The van der Waals surface area contributed by atoms with Gasteiger partial charge < -0.3 is 10.7 Å². The van der Waals surface area contributed by atoms with Gasteiger partial charge in [-0.25, -0.2) is 4.98 Å². The lowest BCUT2D eigenvalue weighted by Crippen LogP contribution is -2.13. The first-order valence-corrected chi connectivity index (χ1v) is 5.22. The second kappa shape index (κ2) is 3.51. The summed E-state index contributed by atoms with van der Waals surface area (Å²) in [5.74, 6) is 0.673. The SMILES string of the molecule is Cc1cc2c(=O)[nH]c(CCN)nc2s1. The minimum Gasteiger partial charge on any atom is -0.330 e. The average molecular weight is 209 g/mol. The minimum absolute atomic E-state index is 0.0669. The summed E-state index contributed by atoms with van der Waals surface area (Å²) in [7, 11) is 0. The molecule has 0 aromatic carbocycles. The highest BCUT2D eigenvalue weighted by Crippen LogP contribution is 2.19. The Morgan fingerprint density at radius 1 is 1.64 bits per heavy atom. The summed E-state index contributed by atoms with van der Waals surface area (Å²) in [4.78, 5) is 20.5. The molecule has 0 bridgehead atoms. The minimum atomic E-state index is -0.0669. The van der Waals surface area contributed by atoms with Crippen molar-refractivity contribution in [2.24, 2.45) is 5.73 Å². The summed E-state index contributed by atoms with van der Waals surface area (Å²) < 4.78 is 0. The number of hydrogen-bond acceptors (Lipinski definition) is 4. The molecular weight excluding hydrogens is 198 g/mol. The van der Waals surface area contributed by atoms with Crippen molar-refractivity contribution in [2.75, 3.05) is 6.54 Å². The van der Waals surface area contributed by atoms with E-state index in [9.17, 15) is 4.79 Å². The molecule has 0 fully saturated rings. The highest BCUT2D eigenvalue weighted by atomic mass is 32.1. The summed E-state index contributed by atoms with van der Waals surface area (Å²) in [6, 6.07) is 1.86. The first-order valence-electron chi connectivity index (χ1n) is 4.40. The molecule has 3 N–H and O–H groups in total. The Morgan fingerprint density at radius 3 is 3.14 bits per heavy atom. The lowest BCUT2D eigenvalue weighted by molar-refractivity contribution is 0.872. The smallest absolute Gasteiger partial charge is 0.259 e. The third-order valence-electron chi connectivity index (χ3n) is 1.96. The molecule has 2 rings (SSSR count). The molecule has 4 nitrogen and oxygen atoms in total. The van der Waals surface area contributed by atoms with Gasteiger partial charge in [-0.2, -0.15) is 0 Å². The van der Waals surface area contributed by atoms with Crippen LogP contribution in [0.25, 0.3) is 10.2 Å². The predicted octanol–water partition coefficient (Wildman–Crippen LogP) is 0.794. The molecule has 0 unspecified atom stereocenters. The topological polar surface area (TPSA) is 71.8 Å². The van der Waals surface area contributed by atoms with Crippen molar-refractivity contribution in [3.8, 4) is 0 Å². The lowest BCUT2D eigenvalue weighted by Gasteiger charge is -1.96. The van der Waals surface area contributed by atoms with Crippen LogP contribution >= 0.6 is 11.3 Å². The molecule has 0 atom stereocenters. The molecule has 0 saturated carbocycles. The number of aryl methyl sites for hydroxylation is 1. The number of nitrogens with two attached hydrogens (primary N) is 1. The van der Waals surface area contributed by atoms with E-state index in [1.165, 1.54) is 11.3 Å². The molecule has 0 spiro atoms. The van der Waals surface area contributed by atoms with Crippen LogP contribution in [0, 0.1) is 6.92 Å². The zero-order valence-corrected chi connectivity index (χ0v) is 8.65. The third-order valence-corrected chi connectivity index (χ3v) is 2.90. The summed E-state index contributed by atoms with van der Waals surface area (Å²) in [5, 5.41) is 0.674. The quantitative estimate of drug-likeness (QED) is 0.768. The van der Waals surface area contributed by atoms with Crippen molar-refractivity contribution < 1.29 is 0 Å². The predicted molar refractivity (Wildman–Crippen MR) is 57.7 cm³/mol. The number of aromatic nitrogens is 2. The average Bonchev–Trinajstić information content (AvgIpc) is 2.47. The van der Waals surface area contributed by atoms with Gasteiger partial charge in [-0.15, -0.1) is 11.3 Å². The normalized spacial score (nSPS) is 11.0. The number of H-pyrrole nitrogens is 1. The van der Waals surface area contributed by atoms with Crippen LogP contribution in [0.4, 0.5) is 0 Å². The van der Waals surface area contributed by atoms with Gasteiger partial charge in [-0.1, -0.05) is 0 Å². The van der Waals surface area contributed by atoms with Gasteiger partial charge in [0.25, 0.3) is 5.56 Å². The Balaban J connectivity index is 2.65. The number of rotatable bonds is 2. The van der Waals surface area contributed by atoms with E-state index in [0.717, 1.165) is 9.71 Å². The number of nitrogens with one attached hydrogen (secondary N) is 1. The third kappa shape index (κ3) is 1.56. The van der Waals surface area contributed by atoms with Crippen LogP contribution in [0.5, 0.6) is 0 Å². The zero-order chi connectivity index (χ0) is 10.1. The van der Waals surface area contributed by atoms with Crippen molar-refractivity contribution in [1.29, 1.82) is 0 Å². The van der Waals surface area contributed by atoms with Gasteiger partial charge in [0.05, 0.1) is 5.39 Å². The second-order valence-corrected chi connectivity index (χ2v) is 4.36. The summed E-state index contributed by atoms with van der Waals surface area (Å²) in [5.41, 5.74) is 5.33. The molecule has 0 amide bonds. The molecule has 2 aromatic rings. The second-order valence-electron chi connectivity index (χ2n) is 3.13. The maximum atomic E-state index is 11.6. The van der Waals surface area contributed by atoms with Crippen molar-refractivity contribution in [2.45, 2.75) is 13.3 Å². The Labute approximate surface area is 84.8 Å². The van der Waals surface area contributed by atoms with Crippen molar-refractivity contribution in [3.05, 3.63) is 27.1 Å². The maximum Gasteiger partial charge on any atom is 0.259 e. The number of thiophene rings is 1. The van der Waals surface area contributed by atoms with Crippen molar-refractivity contribution in [3.63, 3.8) is 0 Å². The summed E-state index contributed by atoms with van der Waals surface area (Å²) in [6.07, 6.45) is 0.613. The van der Waals surface area contributed by atoms with E-state index in [4.69, 9.17) is 5.73 Å². The zero-order valence-electron chi connectivity index (χ0n) is 7.83. The van der Waals surface area contributed by atoms with E-state index in [-0.39, 0.29) is 5.56 Å². The van der Waals surface area contributed by atoms with Crippen molar-refractivity contribution in [1.82, 2.24) is 9.97 Å². The van der Waals surface area contributed by atoms with Crippen LogP contribution in [0.15, 0.2) is 10.9 Å². The van der Waals surface area contributed by atoms with E-state index >= 15 is 0 Å².